The van der Waals surface area contributed by atoms with E-state index in [0.717, 1.165) is 38.8 Å². The first-order valence-electron chi connectivity index (χ1n) is 8.42. The molecule has 5 nitrogen and oxygen atoms in total. The fourth-order valence-corrected chi connectivity index (χ4v) is 5.33. The zero-order chi connectivity index (χ0) is 20.3. The maximum atomic E-state index is 12.5. The summed E-state index contributed by atoms with van der Waals surface area (Å²) in [6.45, 7) is 0.776. The monoisotopic (exact) mass is 498 g/mol. The first-order chi connectivity index (χ1) is 13.3. The summed E-state index contributed by atoms with van der Waals surface area (Å²) in [5.74, 6) is 0.673. The molecule has 0 saturated carbocycles. The molecule has 0 aliphatic rings. The van der Waals surface area contributed by atoms with E-state index in [2.05, 4.69) is 25.5 Å². The van der Waals surface area contributed by atoms with Gasteiger partial charge >= 0.3 is 0 Å². The van der Waals surface area contributed by atoms with Gasteiger partial charge in [-0.15, -0.1) is 0 Å². The average Bonchev–Trinajstić information content (AvgIpc) is 2.95. The van der Waals surface area contributed by atoms with Gasteiger partial charge in [-0.2, -0.15) is 16.8 Å². The molecule has 148 valence electrons. The Balaban J connectivity index is 1.91. The predicted molar refractivity (Wildman–Crippen MR) is 120 cm³/mol. The van der Waals surface area contributed by atoms with E-state index in [9.17, 15) is 13.2 Å². The van der Waals surface area contributed by atoms with E-state index in [4.69, 9.17) is 0 Å². The summed E-state index contributed by atoms with van der Waals surface area (Å²) in [6, 6.07) is 12.4. The van der Waals surface area contributed by atoms with Crippen LogP contribution in [0.1, 0.15) is 5.56 Å². The Bertz CT molecular complexity index is 1180. The Labute approximate surface area is 180 Å². The number of aromatic nitrogens is 1. The molecule has 0 unspecified atom stereocenters. The SMILES string of the molecule is CSCCn1c(=NC(=O)Cc2ccc(S(C)(=O)=O)cc2)sc2cc(Br)ccc21. The predicted octanol–water partition coefficient (Wildman–Crippen LogP) is 3.90. The molecule has 2 aromatic carbocycles. The van der Waals surface area contributed by atoms with Crippen LogP contribution in [0.3, 0.4) is 0 Å². The van der Waals surface area contributed by atoms with Gasteiger partial charge in [0.25, 0.3) is 5.91 Å². The number of fused-ring (bicyclic) bond motifs is 1. The van der Waals surface area contributed by atoms with Gasteiger partial charge in [-0.05, 0) is 42.2 Å². The van der Waals surface area contributed by atoms with Gasteiger partial charge in [0.1, 0.15) is 0 Å². The number of amides is 1. The number of thiazole rings is 1. The van der Waals surface area contributed by atoms with Crippen LogP contribution in [0.15, 0.2) is 56.8 Å². The number of hydrogen-bond donors (Lipinski definition) is 0. The van der Waals surface area contributed by atoms with Gasteiger partial charge < -0.3 is 4.57 Å². The fraction of sp³-hybridized carbons (Fsp3) is 0.263. The average molecular weight is 499 g/mol. The molecule has 0 spiro atoms. The lowest BCUT2D eigenvalue weighted by Gasteiger charge is -2.04. The van der Waals surface area contributed by atoms with Crippen molar-refractivity contribution in [2.75, 3.05) is 18.3 Å². The third-order valence-corrected chi connectivity index (χ3v) is 7.34. The summed E-state index contributed by atoms with van der Waals surface area (Å²) < 4.78 is 27.2. The summed E-state index contributed by atoms with van der Waals surface area (Å²) in [7, 11) is -3.25. The normalized spacial score (nSPS) is 12.6. The Morgan fingerprint density at radius 1 is 1.21 bits per heavy atom. The van der Waals surface area contributed by atoms with Crippen molar-refractivity contribution in [3.05, 3.63) is 57.3 Å². The molecular weight excluding hydrogens is 480 g/mol. The highest BCUT2D eigenvalue weighted by Gasteiger charge is 2.10. The second-order valence-corrected chi connectivity index (χ2v) is 11.2. The van der Waals surface area contributed by atoms with Gasteiger partial charge in [0.2, 0.25) is 0 Å². The summed E-state index contributed by atoms with van der Waals surface area (Å²) in [4.78, 5) is 17.8. The van der Waals surface area contributed by atoms with Gasteiger partial charge in [0.15, 0.2) is 14.6 Å². The van der Waals surface area contributed by atoms with Gasteiger partial charge in [-0.3, -0.25) is 4.79 Å². The highest BCUT2D eigenvalue weighted by atomic mass is 79.9. The summed E-state index contributed by atoms with van der Waals surface area (Å²) in [5, 5.41) is 0. The first kappa shape index (κ1) is 21.3. The summed E-state index contributed by atoms with van der Waals surface area (Å²) >= 11 is 6.72. The van der Waals surface area contributed by atoms with Crippen LogP contribution in [-0.4, -0.2) is 37.2 Å². The Morgan fingerprint density at radius 2 is 1.93 bits per heavy atom. The zero-order valence-electron chi connectivity index (χ0n) is 15.4. The molecule has 0 saturated heterocycles. The van der Waals surface area contributed by atoms with Crippen molar-refractivity contribution >= 4 is 65.0 Å². The Hall–Kier alpha value is -1.42. The highest BCUT2D eigenvalue weighted by molar-refractivity contribution is 9.10. The number of aryl methyl sites for hydroxylation is 1. The molecule has 3 rings (SSSR count). The second kappa shape index (κ2) is 8.94. The van der Waals surface area contributed by atoms with Crippen molar-refractivity contribution in [3.63, 3.8) is 0 Å². The van der Waals surface area contributed by atoms with E-state index < -0.39 is 9.84 Å². The van der Waals surface area contributed by atoms with E-state index in [1.165, 1.54) is 23.5 Å². The van der Waals surface area contributed by atoms with Crippen LogP contribution in [0.4, 0.5) is 0 Å². The number of thioether (sulfide) groups is 1. The van der Waals surface area contributed by atoms with Crippen molar-refractivity contribution < 1.29 is 13.2 Å². The lowest BCUT2D eigenvalue weighted by molar-refractivity contribution is -0.117. The molecule has 0 fully saturated rings. The molecule has 3 aromatic rings. The molecule has 1 amide bonds. The smallest absolute Gasteiger partial charge is 0.252 e. The van der Waals surface area contributed by atoms with Crippen LogP contribution in [0.2, 0.25) is 0 Å². The van der Waals surface area contributed by atoms with Gasteiger partial charge in [0, 0.05) is 23.0 Å². The summed E-state index contributed by atoms with van der Waals surface area (Å²) in [6.07, 6.45) is 3.34. The highest BCUT2D eigenvalue weighted by Crippen LogP contribution is 2.22. The third-order valence-electron chi connectivity index (χ3n) is 4.09. The van der Waals surface area contributed by atoms with Crippen LogP contribution >= 0.6 is 39.0 Å². The number of rotatable bonds is 6. The van der Waals surface area contributed by atoms with Crippen LogP contribution in [0.25, 0.3) is 10.2 Å². The van der Waals surface area contributed by atoms with Crippen LogP contribution in [-0.2, 0) is 27.6 Å². The van der Waals surface area contributed by atoms with Crippen LogP contribution in [0.5, 0.6) is 0 Å². The Morgan fingerprint density at radius 3 is 2.57 bits per heavy atom. The van der Waals surface area contributed by atoms with E-state index in [-0.39, 0.29) is 17.2 Å². The molecule has 1 aromatic heterocycles. The number of benzene rings is 2. The number of halogens is 1. The van der Waals surface area contributed by atoms with Crippen LogP contribution in [0, 0.1) is 0 Å². The number of sulfone groups is 1. The van der Waals surface area contributed by atoms with Crippen molar-refractivity contribution in [2.24, 2.45) is 4.99 Å². The molecule has 28 heavy (non-hydrogen) atoms. The van der Waals surface area contributed by atoms with Gasteiger partial charge in [-0.1, -0.05) is 39.4 Å². The molecule has 0 atom stereocenters. The fourth-order valence-electron chi connectivity index (χ4n) is 2.71. The standard InChI is InChI=1S/C19H19BrN2O3S3/c1-26-10-9-22-16-8-5-14(20)12-17(16)27-19(22)21-18(23)11-13-3-6-15(7-4-13)28(2,24)25/h3-8,12H,9-11H2,1-2H3. The molecule has 0 radical (unpaired) electrons. The van der Waals surface area contributed by atoms with E-state index in [0.29, 0.717) is 4.80 Å². The number of carbonyl (C=O) groups is 1. The third kappa shape index (κ3) is 5.14. The second-order valence-electron chi connectivity index (χ2n) is 6.24. The lowest BCUT2D eigenvalue weighted by Crippen LogP contribution is -2.18. The molecule has 0 aliphatic heterocycles. The lowest BCUT2D eigenvalue weighted by atomic mass is 10.1. The Kier molecular flexibility index (Phi) is 6.80. The topological polar surface area (TPSA) is 68.5 Å². The minimum Gasteiger partial charge on any atom is -0.316 e. The van der Waals surface area contributed by atoms with Crippen molar-refractivity contribution in [1.82, 2.24) is 4.57 Å². The molecule has 0 N–H and O–H groups in total. The van der Waals surface area contributed by atoms with E-state index >= 15 is 0 Å². The number of hydrogen-bond acceptors (Lipinski definition) is 5. The number of carbonyl (C=O) groups excluding carboxylic acids is 1. The first-order valence-corrected chi connectivity index (χ1v) is 13.3. The van der Waals surface area contributed by atoms with Gasteiger partial charge in [-0.25, -0.2) is 8.42 Å². The zero-order valence-corrected chi connectivity index (χ0v) is 19.4. The van der Waals surface area contributed by atoms with Crippen LogP contribution < -0.4 is 4.80 Å². The van der Waals surface area contributed by atoms with Crippen molar-refractivity contribution in [3.8, 4) is 0 Å². The quantitative estimate of drug-likeness (QED) is 0.516. The molecule has 1 heterocycles. The molecule has 9 heteroatoms. The van der Waals surface area contributed by atoms with E-state index in [1.807, 2.05) is 24.5 Å². The molecule has 0 aliphatic carbocycles. The maximum absolute atomic E-state index is 12.5. The molecule has 0 bridgehead atoms. The molecular formula is C19H19BrN2O3S3. The minimum absolute atomic E-state index is 0.129. The largest absolute Gasteiger partial charge is 0.316 e. The van der Waals surface area contributed by atoms with Crippen molar-refractivity contribution in [1.29, 1.82) is 0 Å². The minimum atomic E-state index is -3.25. The van der Waals surface area contributed by atoms with E-state index in [1.54, 1.807) is 23.9 Å². The maximum Gasteiger partial charge on any atom is 0.252 e. The van der Waals surface area contributed by atoms with Crippen molar-refractivity contribution in [2.45, 2.75) is 17.9 Å². The summed E-state index contributed by atoms with van der Waals surface area (Å²) in [5.41, 5.74) is 1.80. The van der Waals surface area contributed by atoms with Gasteiger partial charge in [0.05, 0.1) is 21.5 Å². The number of nitrogens with zero attached hydrogens (tertiary/aromatic N) is 2.